The molecule has 8 heteroatoms. The summed E-state index contributed by atoms with van der Waals surface area (Å²) in [6.07, 6.45) is 8.77. The zero-order valence-corrected chi connectivity index (χ0v) is 20.7. The van der Waals surface area contributed by atoms with Gasteiger partial charge in [0.05, 0.1) is 12.3 Å². The average Bonchev–Trinajstić information content (AvgIpc) is 3.27. The van der Waals surface area contributed by atoms with E-state index in [-0.39, 0.29) is 11.5 Å². The van der Waals surface area contributed by atoms with E-state index >= 15 is 0 Å². The van der Waals surface area contributed by atoms with E-state index in [1.54, 1.807) is 6.20 Å². The molecular formula is C27H33ClN6O. The topological polar surface area (TPSA) is 97.1 Å². The Labute approximate surface area is 211 Å². The maximum atomic E-state index is 10.1. The van der Waals surface area contributed by atoms with Crippen LogP contribution in [-0.4, -0.2) is 51.8 Å². The molecule has 4 saturated carbocycles. The van der Waals surface area contributed by atoms with Gasteiger partial charge in [0.15, 0.2) is 0 Å². The SMILES string of the molecule is N#Cc1cnc(NCc2ccccc2Cl)nc1NCC12CC3C[C@H](C1)C(N1CCC(O)C1)[C@@H](C3)C2. The molecule has 5 fully saturated rings. The number of β-amino-alcohol motifs (C(OH)–C–C–N with tert-alkyl or cyclic N) is 1. The van der Waals surface area contributed by atoms with Crippen LogP contribution >= 0.6 is 11.6 Å². The minimum Gasteiger partial charge on any atom is -0.392 e. The number of aromatic nitrogens is 2. The van der Waals surface area contributed by atoms with Crippen molar-refractivity contribution in [2.75, 3.05) is 30.3 Å². The molecule has 0 amide bonds. The number of nitrogens with one attached hydrogen (secondary N) is 2. The second-order valence-electron chi connectivity index (χ2n) is 11.3. The van der Waals surface area contributed by atoms with Gasteiger partial charge in [0.2, 0.25) is 5.95 Å². The van der Waals surface area contributed by atoms with Crippen LogP contribution in [0.5, 0.6) is 0 Å². The molecule has 2 heterocycles. The third-order valence-corrected chi connectivity index (χ3v) is 9.27. The predicted octanol–water partition coefficient (Wildman–Crippen LogP) is 4.29. The number of hydrogen-bond acceptors (Lipinski definition) is 7. The van der Waals surface area contributed by atoms with Gasteiger partial charge in [0.1, 0.15) is 17.5 Å². The van der Waals surface area contributed by atoms with Gasteiger partial charge in [-0.1, -0.05) is 29.8 Å². The molecule has 4 bridgehead atoms. The fourth-order valence-electron chi connectivity index (χ4n) is 7.79. The summed E-state index contributed by atoms with van der Waals surface area (Å²) in [6.45, 7) is 3.27. The van der Waals surface area contributed by atoms with Crippen LogP contribution in [0, 0.1) is 34.5 Å². The van der Waals surface area contributed by atoms with Gasteiger partial charge in [-0.3, -0.25) is 4.90 Å². The molecule has 6 atom stereocenters. The number of nitriles is 1. The summed E-state index contributed by atoms with van der Waals surface area (Å²) in [5.41, 5.74) is 1.72. The Hall–Kier alpha value is -2.40. The first-order chi connectivity index (χ1) is 17.0. The van der Waals surface area contributed by atoms with E-state index in [0.29, 0.717) is 34.9 Å². The standard InChI is InChI=1S/C27H33ClN6O/c28-23-4-2-1-3-18(23)13-30-26-31-14-21(12-29)25(33-26)32-16-27-9-17-7-19(10-27)24(20(8-17)11-27)34-6-5-22(35)15-34/h1-4,14,17,19-20,22,24,35H,5-11,13,15-16H2,(H2,30,31,32,33)/t17?,19-,20+,22?,24?,27?. The summed E-state index contributed by atoms with van der Waals surface area (Å²) < 4.78 is 0. The minimum atomic E-state index is -0.147. The highest BCUT2D eigenvalue weighted by atomic mass is 35.5. The molecule has 35 heavy (non-hydrogen) atoms. The molecule has 2 aromatic rings. The van der Waals surface area contributed by atoms with Crippen LogP contribution < -0.4 is 10.6 Å². The fraction of sp³-hybridized carbons (Fsp3) is 0.593. The number of likely N-dealkylation sites (tertiary alicyclic amines) is 1. The van der Waals surface area contributed by atoms with Crippen LogP contribution in [0.3, 0.4) is 0 Å². The number of nitrogens with zero attached hydrogens (tertiary/aromatic N) is 4. The molecule has 1 saturated heterocycles. The number of hydrogen-bond donors (Lipinski definition) is 3. The highest BCUT2D eigenvalue weighted by Gasteiger charge is 2.56. The Morgan fingerprint density at radius 3 is 2.69 bits per heavy atom. The molecule has 184 valence electrons. The van der Waals surface area contributed by atoms with Crippen LogP contribution in [-0.2, 0) is 6.54 Å². The number of anilines is 2. The van der Waals surface area contributed by atoms with Crippen molar-refractivity contribution in [3.05, 3.63) is 46.6 Å². The average molecular weight is 493 g/mol. The molecular weight excluding hydrogens is 460 g/mol. The van der Waals surface area contributed by atoms with Crippen molar-refractivity contribution in [2.45, 2.75) is 57.2 Å². The van der Waals surface area contributed by atoms with Crippen molar-refractivity contribution < 1.29 is 5.11 Å². The van der Waals surface area contributed by atoms with E-state index in [9.17, 15) is 10.4 Å². The van der Waals surface area contributed by atoms with Gasteiger partial charge in [-0.25, -0.2) is 4.98 Å². The van der Waals surface area contributed by atoms with Crippen LogP contribution in [0.2, 0.25) is 5.02 Å². The van der Waals surface area contributed by atoms with E-state index < -0.39 is 0 Å². The fourth-order valence-corrected chi connectivity index (χ4v) is 7.99. The second kappa shape index (κ2) is 9.24. The van der Waals surface area contributed by atoms with E-state index in [0.717, 1.165) is 49.4 Å². The Morgan fingerprint density at radius 1 is 1.17 bits per heavy atom. The molecule has 1 aromatic carbocycles. The van der Waals surface area contributed by atoms with Gasteiger partial charge in [0.25, 0.3) is 0 Å². The Balaban J connectivity index is 1.14. The molecule has 1 aromatic heterocycles. The highest BCUT2D eigenvalue weighted by molar-refractivity contribution is 6.31. The van der Waals surface area contributed by atoms with Gasteiger partial charge < -0.3 is 15.7 Å². The molecule has 0 radical (unpaired) electrons. The Morgan fingerprint density at radius 2 is 1.97 bits per heavy atom. The lowest BCUT2D eigenvalue weighted by Crippen LogP contribution is -2.60. The van der Waals surface area contributed by atoms with Crippen molar-refractivity contribution in [3.63, 3.8) is 0 Å². The molecule has 4 unspecified atom stereocenters. The summed E-state index contributed by atoms with van der Waals surface area (Å²) in [6, 6.07) is 10.6. The molecule has 5 aliphatic rings. The summed E-state index contributed by atoms with van der Waals surface area (Å²) in [4.78, 5) is 11.6. The maximum absolute atomic E-state index is 10.1. The molecule has 7 nitrogen and oxygen atoms in total. The zero-order chi connectivity index (χ0) is 24.0. The van der Waals surface area contributed by atoms with E-state index in [2.05, 4.69) is 31.6 Å². The van der Waals surface area contributed by atoms with Gasteiger partial charge >= 0.3 is 0 Å². The van der Waals surface area contributed by atoms with Crippen LogP contribution in [0.15, 0.2) is 30.5 Å². The van der Waals surface area contributed by atoms with Gasteiger partial charge in [-0.2, -0.15) is 10.2 Å². The number of benzene rings is 1. The van der Waals surface area contributed by atoms with Crippen molar-refractivity contribution in [3.8, 4) is 6.07 Å². The smallest absolute Gasteiger partial charge is 0.224 e. The lowest BCUT2D eigenvalue weighted by molar-refractivity contribution is -0.103. The maximum Gasteiger partial charge on any atom is 0.224 e. The summed E-state index contributed by atoms with van der Waals surface area (Å²) in [7, 11) is 0. The van der Waals surface area contributed by atoms with Crippen molar-refractivity contribution in [1.82, 2.24) is 14.9 Å². The van der Waals surface area contributed by atoms with Gasteiger partial charge in [0, 0.05) is 37.2 Å². The lowest BCUT2D eigenvalue weighted by Gasteiger charge is -2.62. The van der Waals surface area contributed by atoms with E-state index in [4.69, 9.17) is 11.6 Å². The number of rotatable bonds is 7. The molecule has 1 aliphatic heterocycles. The molecule has 3 N–H and O–H groups in total. The normalized spacial score (nSPS) is 33.6. The van der Waals surface area contributed by atoms with Crippen molar-refractivity contribution in [2.24, 2.45) is 23.2 Å². The minimum absolute atomic E-state index is 0.147. The van der Waals surface area contributed by atoms with E-state index in [1.165, 1.54) is 32.1 Å². The predicted molar refractivity (Wildman–Crippen MR) is 136 cm³/mol. The first kappa shape index (κ1) is 23.0. The first-order valence-electron chi connectivity index (χ1n) is 12.9. The zero-order valence-electron chi connectivity index (χ0n) is 20.0. The van der Waals surface area contributed by atoms with E-state index in [1.807, 2.05) is 24.3 Å². The monoisotopic (exact) mass is 492 g/mol. The van der Waals surface area contributed by atoms with Crippen molar-refractivity contribution >= 4 is 23.4 Å². The second-order valence-corrected chi connectivity index (χ2v) is 11.7. The number of aliphatic hydroxyl groups is 1. The van der Waals surface area contributed by atoms with Crippen LogP contribution in [0.25, 0.3) is 0 Å². The summed E-state index contributed by atoms with van der Waals surface area (Å²) in [5.74, 6) is 3.36. The molecule has 4 aliphatic carbocycles. The highest BCUT2D eigenvalue weighted by Crippen LogP contribution is 2.61. The molecule has 7 rings (SSSR count). The number of halogens is 1. The third-order valence-electron chi connectivity index (χ3n) is 8.90. The Bertz CT molecular complexity index is 1120. The van der Waals surface area contributed by atoms with Crippen molar-refractivity contribution in [1.29, 1.82) is 5.26 Å². The van der Waals surface area contributed by atoms with Gasteiger partial charge in [-0.05, 0) is 73.3 Å². The van der Waals surface area contributed by atoms with Crippen LogP contribution in [0.4, 0.5) is 11.8 Å². The summed E-state index contributed by atoms with van der Waals surface area (Å²) in [5, 5.41) is 27.3. The summed E-state index contributed by atoms with van der Waals surface area (Å²) >= 11 is 6.28. The third kappa shape index (κ3) is 4.48. The quantitative estimate of drug-likeness (QED) is 0.530. The first-order valence-corrected chi connectivity index (χ1v) is 13.3. The van der Waals surface area contributed by atoms with Gasteiger partial charge in [-0.15, -0.1) is 0 Å². The lowest BCUT2D eigenvalue weighted by atomic mass is 9.47. The number of aliphatic hydroxyl groups excluding tert-OH is 1. The molecule has 0 spiro atoms. The van der Waals surface area contributed by atoms with Crippen LogP contribution in [0.1, 0.15) is 49.7 Å². The largest absolute Gasteiger partial charge is 0.392 e. The Kier molecular flexibility index (Phi) is 6.08.